The Hall–Kier alpha value is -3.34. The summed E-state index contributed by atoms with van der Waals surface area (Å²) in [5.74, 6) is -0.171. The highest BCUT2D eigenvalue weighted by Crippen LogP contribution is 2.45. The van der Waals surface area contributed by atoms with Gasteiger partial charge in [-0.15, -0.1) is 0 Å². The molecule has 0 bridgehead atoms. The maximum absolute atomic E-state index is 14.0. The van der Waals surface area contributed by atoms with Crippen molar-refractivity contribution < 1.29 is 19.1 Å². The Morgan fingerprint density at radius 2 is 1.76 bits per heavy atom. The van der Waals surface area contributed by atoms with Crippen molar-refractivity contribution in [1.29, 1.82) is 0 Å². The van der Waals surface area contributed by atoms with E-state index in [0.717, 1.165) is 61.4 Å². The number of para-hydroxylation sites is 1. The second kappa shape index (κ2) is 13.6. The number of halogens is 1. The summed E-state index contributed by atoms with van der Waals surface area (Å²) >= 11 is 6.47. The van der Waals surface area contributed by atoms with Crippen LogP contribution in [0.1, 0.15) is 55.7 Å². The van der Waals surface area contributed by atoms with E-state index in [4.69, 9.17) is 22.1 Å². The predicted molar refractivity (Wildman–Crippen MR) is 175 cm³/mol. The molecule has 0 radical (unpaired) electrons. The van der Waals surface area contributed by atoms with Crippen LogP contribution in [0.3, 0.4) is 0 Å². The van der Waals surface area contributed by atoms with Crippen molar-refractivity contribution >= 4 is 40.9 Å². The number of carbonyl (C=O) groups excluding carboxylic acids is 3. The van der Waals surface area contributed by atoms with E-state index in [9.17, 15) is 14.4 Å². The molecule has 45 heavy (non-hydrogen) atoms. The van der Waals surface area contributed by atoms with Crippen LogP contribution >= 0.6 is 11.6 Å². The molecule has 1 spiro atoms. The number of benzene rings is 2. The lowest BCUT2D eigenvalue weighted by atomic mass is 9.68. The molecule has 0 saturated carbocycles. The molecular weight excluding hydrogens is 592 g/mol. The number of aryl methyl sites for hydroxylation is 1. The lowest BCUT2D eigenvalue weighted by molar-refractivity contribution is -0.143. The first-order chi connectivity index (χ1) is 21.8. The van der Waals surface area contributed by atoms with E-state index < -0.39 is 12.2 Å². The molecule has 4 heterocycles. The van der Waals surface area contributed by atoms with Gasteiger partial charge in [0.1, 0.15) is 0 Å². The molecule has 3 fully saturated rings. The highest BCUT2D eigenvalue weighted by Gasteiger charge is 2.44. The average molecular weight is 637 g/mol. The highest BCUT2D eigenvalue weighted by molar-refractivity contribution is 6.33. The number of rotatable bonds is 6. The van der Waals surface area contributed by atoms with E-state index in [1.807, 2.05) is 36.1 Å². The van der Waals surface area contributed by atoms with Gasteiger partial charge in [-0.1, -0.05) is 42.8 Å². The number of anilines is 2. The summed E-state index contributed by atoms with van der Waals surface area (Å²) in [7, 11) is 0. The molecule has 3 amide bonds. The Kier molecular flexibility index (Phi) is 9.54. The fraction of sp³-hybridized carbons (Fsp3) is 0.559. The van der Waals surface area contributed by atoms with Gasteiger partial charge in [0.2, 0.25) is 5.91 Å². The van der Waals surface area contributed by atoms with Crippen molar-refractivity contribution in [1.82, 2.24) is 20.0 Å². The Bertz CT molecular complexity index is 1410. The molecule has 4 aliphatic heterocycles. The number of nitrogens with one attached hydrogen (secondary N) is 2. The van der Waals surface area contributed by atoms with E-state index in [-0.39, 0.29) is 23.7 Å². The second-order valence-corrected chi connectivity index (χ2v) is 13.4. The van der Waals surface area contributed by atoms with Crippen molar-refractivity contribution in [3.05, 3.63) is 58.1 Å². The topological polar surface area (TPSA) is 120 Å². The summed E-state index contributed by atoms with van der Waals surface area (Å²) in [5, 5.41) is 6.85. The largest absolute Gasteiger partial charge is 0.436 e. The van der Waals surface area contributed by atoms with Gasteiger partial charge < -0.3 is 30.9 Å². The van der Waals surface area contributed by atoms with Crippen molar-refractivity contribution in [2.45, 2.75) is 69.4 Å². The number of fused-ring (bicyclic) bond motifs is 2. The van der Waals surface area contributed by atoms with E-state index in [1.54, 1.807) is 11.0 Å². The number of piperazine rings is 1. The van der Waals surface area contributed by atoms with Gasteiger partial charge in [0.05, 0.1) is 10.7 Å². The Morgan fingerprint density at radius 1 is 1.04 bits per heavy atom. The molecule has 1 atom stereocenters. The summed E-state index contributed by atoms with van der Waals surface area (Å²) < 4.78 is 6.08. The molecule has 11 heteroatoms. The molecule has 0 unspecified atom stereocenters. The van der Waals surface area contributed by atoms with Gasteiger partial charge in [-0.25, -0.2) is 4.79 Å². The van der Waals surface area contributed by atoms with Gasteiger partial charge in [-0.05, 0) is 74.0 Å². The summed E-state index contributed by atoms with van der Waals surface area (Å²) in [5.41, 5.74) is 10.1. The number of nitrogens with two attached hydrogens (primary N) is 1. The van der Waals surface area contributed by atoms with Gasteiger partial charge in [0, 0.05) is 69.3 Å². The van der Waals surface area contributed by atoms with Crippen molar-refractivity contribution in [3.63, 3.8) is 0 Å². The molecule has 242 valence electrons. The Balaban J connectivity index is 1.15. The Morgan fingerprint density at radius 3 is 2.47 bits per heavy atom. The first kappa shape index (κ1) is 31.6. The van der Waals surface area contributed by atoms with Gasteiger partial charge in [-0.2, -0.15) is 0 Å². The van der Waals surface area contributed by atoms with Crippen molar-refractivity contribution in [3.8, 4) is 0 Å². The number of nitrogens with zero attached hydrogens (tertiary/aromatic N) is 3. The molecule has 6 rings (SSSR count). The van der Waals surface area contributed by atoms with Crippen LogP contribution in [-0.4, -0.2) is 97.1 Å². The second-order valence-electron chi connectivity index (χ2n) is 13.0. The lowest BCUT2D eigenvalue weighted by Gasteiger charge is -2.44. The summed E-state index contributed by atoms with van der Waals surface area (Å²) in [4.78, 5) is 46.3. The van der Waals surface area contributed by atoms with Crippen LogP contribution in [0.2, 0.25) is 5.02 Å². The van der Waals surface area contributed by atoms with Crippen LogP contribution < -0.4 is 16.4 Å². The zero-order chi connectivity index (χ0) is 31.6. The zero-order valence-electron chi connectivity index (χ0n) is 26.2. The minimum Gasteiger partial charge on any atom is -0.436 e. The SMILES string of the molecule is CCc1cc(C[C@@H](OC(=O)N2CCC3(CC2)CC(=O)Nc2ccccc23)C(=O)N2CCN(C3CCNCC3)CC2)cc(Cl)c1N. The van der Waals surface area contributed by atoms with E-state index in [2.05, 4.69) is 21.6 Å². The number of amides is 3. The van der Waals surface area contributed by atoms with Gasteiger partial charge in [0.25, 0.3) is 5.91 Å². The fourth-order valence-electron chi connectivity index (χ4n) is 7.64. The smallest absolute Gasteiger partial charge is 0.410 e. The average Bonchev–Trinajstić information content (AvgIpc) is 3.06. The fourth-order valence-corrected chi connectivity index (χ4v) is 7.90. The molecule has 4 aliphatic rings. The third-order valence-electron chi connectivity index (χ3n) is 10.3. The number of piperidine rings is 2. The van der Waals surface area contributed by atoms with Crippen molar-refractivity contribution in [2.75, 3.05) is 63.4 Å². The first-order valence-electron chi connectivity index (χ1n) is 16.4. The van der Waals surface area contributed by atoms with Crippen LogP contribution in [0.25, 0.3) is 0 Å². The number of nitrogen functional groups attached to an aromatic ring is 1. The molecule has 0 aliphatic carbocycles. The molecule has 4 N–H and O–H groups in total. The van der Waals surface area contributed by atoms with E-state index >= 15 is 0 Å². The lowest BCUT2D eigenvalue weighted by Crippen LogP contribution is -2.56. The summed E-state index contributed by atoms with van der Waals surface area (Å²) in [6, 6.07) is 12.2. The van der Waals surface area contributed by atoms with Crippen LogP contribution in [0.4, 0.5) is 16.2 Å². The Labute approximate surface area is 270 Å². The summed E-state index contributed by atoms with van der Waals surface area (Å²) in [6.07, 6.45) is 3.39. The zero-order valence-corrected chi connectivity index (χ0v) is 26.9. The number of ether oxygens (including phenoxy) is 1. The number of carbonyl (C=O) groups is 3. The maximum Gasteiger partial charge on any atom is 0.410 e. The molecule has 0 aromatic heterocycles. The van der Waals surface area contributed by atoms with Gasteiger partial charge in [-0.3, -0.25) is 14.5 Å². The van der Waals surface area contributed by atoms with Crippen LogP contribution in [-0.2, 0) is 32.6 Å². The predicted octanol–water partition coefficient (Wildman–Crippen LogP) is 3.80. The molecule has 2 aromatic rings. The van der Waals surface area contributed by atoms with Gasteiger partial charge >= 0.3 is 6.09 Å². The highest BCUT2D eigenvalue weighted by atomic mass is 35.5. The normalized spacial score (nSPS) is 21.2. The number of hydrogen-bond acceptors (Lipinski definition) is 7. The van der Waals surface area contributed by atoms with Crippen molar-refractivity contribution in [2.24, 2.45) is 0 Å². The quantitative estimate of drug-likeness (QED) is 0.413. The number of likely N-dealkylation sites (tertiary alicyclic amines) is 1. The van der Waals surface area contributed by atoms with E-state index in [0.29, 0.717) is 68.6 Å². The van der Waals surface area contributed by atoms with Crippen LogP contribution in [0, 0.1) is 0 Å². The summed E-state index contributed by atoms with van der Waals surface area (Å²) in [6.45, 7) is 7.80. The van der Waals surface area contributed by atoms with Crippen LogP contribution in [0.5, 0.6) is 0 Å². The molecule has 10 nitrogen and oxygen atoms in total. The standard InChI is InChI=1S/C34H45ClN6O4/c1-2-24-19-23(20-27(35)31(24)36)21-29(32(43)40-17-15-39(16-18-40)25-7-11-37-12-8-25)45-33(44)41-13-9-34(10-14-41)22-30(42)38-28-6-4-3-5-26(28)34/h3-6,19-20,25,29,37H,2,7-18,21-22,36H2,1H3,(H,38,42)/t29-/m1/s1. The van der Waals surface area contributed by atoms with E-state index in [1.165, 1.54) is 0 Å². The third-order valence-corrected chi connectivity index (χ3v) is 10.6. The first-order valence-corrected chi connectivity index (χ1v) is 16.8. The maximum atomic E-state index is 14.0. The molecule has 3 saturated heterocycles. The van der Waals surface area contributed by atoms with Gasteiger partial charge in [0.15, 0.2) is 6.10 Å². The number of hydrogen-bond donors (Lipinski definition) is 3. The molecular formula is C34H45ClN6O4. The molecule has 2 aromatic carbocycles. The minimum absolute atomic E-state index is 0.00393. The van der Waals surface area contributed by atoms with Crippen LogP contribution in [0.15, 0.2) is 36.4 Å². The third kappa shape index (κ3) is 6.78. The monoisotopic (exact) mass is 636 g/mol. The minimum atomic E-state index is -0.982.